The van der Waals surface area contributed by atoms with E-state index in [2.05, 4.69) is 48.5 Å². The van der Waals surface area contributed by atoms with Crippen molar-refractivity contribution in [3.8, 4) is 0 Å². The Balaban J connectivity index is 0. The fourth-order valence-corrected chi connectivity index (χ4v) is 2.88. The summed E-state index contributed by atoms with van der Waals surface area (Å²) < 4.78 is 0. The van der Waals surface area contributed by atoms with Crippen LogP contribution in [0.2, 0.25) is 0 Å². The van der Waals surface area contributed by atoms with E-state index in [1.165, 1.54) is 89.9 Å². The monoisotopic (exact) mass is 326 g/mol. The van der Waals surface area contributed by atoms with Crippen LogP contribution in [0.1, 0.15) is 138 Å². The van der Waals surface area contributed by atoms with E-state index in [0.717, 1.165) is 5.92 Å². The second kappa shape index (κ2) is 18.3. The molecule has 0 bridgehead atoms. The lowest BCUT2D eigenvalue weighted by Crippen LogP contribution is -2.13. The van der Waals surface area contributed by atoms with E-state index in [0.29, 0.717) is 5.41 Å². The molecule has 0 saturated carbocycles. The molecule has 1 atom stereocenters. The average molecular weight is 327 g/mol. The van der Waals surface area contributed by atoms with Crippen molar-refractivity contribution in [3.63, 3.8) is 0 Å². The largest absolute Gasteiger partial charge is 0.0654 e. The Hall–Kier alpha value is 0. The number of unbranched alkanes of at least 4 members (excludes halogenated alkanes) is 7. The van der Waals surface area contributed by atoms with Crippen LogP contribution in [0.4, 0.5) is 0 Å². The molecule has 0 aromatic rings. The van der Waals surface area contributed by atoms with Crippen LogP contribution in [0.25, 0.3) is 0 Å². The summed E-state index contributed by atoms with van der Waals surface area (Å²) in [5.74, 6) is 0.955. The van der Waals surface area contributed by atoms with E-state index >= 15 is 0 Å². The highest BCUT2D eigenvalue weighted by Crippen LogP contribution is 2.31. The third-order valence-electron chi connectivity index (χ3n) is 5.84. The van der Waals surface area contributed by atoms with Gasteiger partial charge in [-0.2, -0.15) is 0 Å². The Kier molecular flexibility index (Phi) is 20.1. The number of hydrogen-bond acceptors (Lipinski definition) is 0. The van der Waals surface area contributed by atoms with Crippen LogP contribution in [0.5, 0.6) is 0 Å². The van der Waals surface area contributed by atoms with Crippen molar-refractivity contribution in [1.29, 1.82) is 0 Å². The summed E-state index contributed by atoms with van der Waals surface area (Å²) in [7, 11) is 0. The smallest absolute Gasteiger partial charge is 0.0331 e. The van der Waals surface area contributed by atoms with Gasteiger partial charge in [-0.05, 0) is 17.8 Å². The van der Waals surface area contributed by atoms with Gasteiger partial charge in [-0.25, -0.2) is 0 Å². The molecule has 0 spiro atoms. The van der Waals surface area contributed by atoms with Crippen LogP contribution in [-0.4, -0.2) is 0 Å². The van der Waals surface area contributed by atoms with Crippen LogP contribution < -0.4 is 0 Å². The zero-order valence-electron chi connectivity index (χ0n) is 18.0. The minimum absolute atomic E-state index is 0.633. The summed E-state index contributed by atoms with van der Waals surface area (Å²) in [4.78, 5) is 0. The molecule has 0 fully saturated rings. The SMILES string of the molecule is CCCCCCC(C)(CC)CC.CCCCCCCC(C)CC. The predicted octanol–water partition coefficient (Wildman–Crippen LogP) is 9.18. The highest BCUT2D eigenvalue weighted by molar-refractivity contribution is 4.70. The minimum atomic E-state index is 0.633. The van der Waals surface area contributed by atoms with E-state index in [1.54, 1.807) is 0 Å². The highest BCUT2D eigenvalue weighted by Gasteiger charge is 2.18. The molecule has 0 rings (SSSR count). The molecule has 0 heterocycles. The molecular formula is C23H50. The Morgan fingerprint density at radius 1 is 0.652 bits per heavy atom. The van der Waals surface area contributed by atoms with Crippen LogP contribution in [0.15, 0.2) is 0 Å². The Morgan fingerprint density at radius 2 is 1.13 bits per heavy atom. The number of hydrogen-bond donors (Lipinski definition) is 0. The van der Waals surface area contributed by atoms with Gasteiger partial charge in [0.25, 0.3) is 0 Å². The van der Waals surface area contributed by atoms with E-state index in [9.17, 15) is 0 Å². The number of rotatable bonds is 14. The fraction of sp³-hybridized carbons (Fsp3) is 1.00. The molecule has 0 radical (unpaired) electrons. The van der Waals surface area contributed by atoms with Gasteiger partial charge in [0.15, 0.2) is 0 Å². The molecule has 0 N–H and O–H groups in total. The fourth-order valence-electron chi connectivity index (χ4n) is 2.88. The first-order valence-electron chi connectivity index (χ1n) is 11.0. The van der Waals surface area contributed by atoms with Crippen LogP contribution in [0.3, 0.4) is 0 Å². The average Bonchev–Trinajstić information content (AvgIpc) is 2.58. The van der Waals surface area contributed by atoms with E-state index in [-0.39, 0.29) is 0 Å². The molecule has 0 aromatic heterocycles. The molecule has 0 aliphatic carbocycles. The first-order chi connectivity index (χ1) is 11.0. The second-order valence-corrected chi connectivity index (χ2v) is 8.04. The topological polar surface area (TPSA) is 0 Å². The maximum atomic E-state index is 2.43. The molecular weight excluding hydrogens is 276 g/mol. The van der Waals surface area contributed by atoms with Gasteiger partial charge < -0.3 is 0 Å². The van der Waals surface area contributed by atoms with Gasteiger partial charge in [0.1, 0.15) is 0 Å². The molecule has 0 aliphatic rings. The Bertz CT molecular complexity index is 202. The van der Waals surface area contributed by atoms with Crippen LogP contribution >= 0.6 is 0 Å². The maximum Gasteiger partial charge on any atom is -0.0331 e. The molecule has 0 amide bonds. The normalized spacial score (nSPS) is 12.7. The van der Waals surface area contributed by atoms with Crippen molar-refractivity contribution in [2.75, 3.05) is 0 Å². The predicted molar refractivity (Wildman–Crippen MR) is 110 cm³/mol. The minimum Gasteiger partial charge on any atom is -0.0654 e. The summed E-state index contributed by atoms with van der Waals surface area (Å²) in [6.07, 6.45) is 19.7. The second-order valence-electron chi connectivity index (χ2n) is 8.04. The van der Waals surface area contributed by atoms with Gasteiger partial charge in [0.2, 0.25) is 0 Å². The van der Waals surface area contributed by atoms with Crippen molar-refractivity contribution in [2.24, 2.45) is 11.3 Å². The summed E-state index contributed by atoms with van der Waals surface area (Å²) in [5, 5.41) is 0. The van der Waals surface area contributed by atoms with Gasteiger partial charge in [-0.3, -0.25) is 0 Å². The van der Waals surface area contributed by atoms with E-state index in [1.807, 2.05) is 0 Å². The molecule has 23 heavy (non-hydrogen) atoms. The molecule has 0 aromatic carbocycles. The van der Waals surface area contributed by atoms with Crippen LogP contribution in [-0.2, 0) is 0 Å². The third kappa shape index (κ3) is 18.2. The van der Waals surface area contributed by atoms with Gasteiger partial charge >= 0.3 is 0 Å². The molecule has 0 saturated heterocycles. The maximum absolute atomic E-state index is 2.43. The summed E-state index contributed by atoms with van der Waals surface area (Å²) in [6.45, 7) is 16.3. The van der Waals surface area contributed by atoms with Gasteiger partial charge in [0.05, 0.1) is 0 Å². The summed E-state index contributed by atoms with van der Waals surface area (Å²) in [5.41, 5.74) is 0.633. The first kappa shape index (κ1) is 25.2. The Labute approximate surface area is 150 Å². The lowest BCUT2D eigenvalue weighted by Gasteiger charge is -2.26. The highest BCUT2D eigenvalue weighted by atomic mass is 14.2. The quantitative estimate of drug-likeness (QED) is 0.279. The third-order valence-corrected chi connectivity index (χ3v) is 5.84. The Morgan fingerprint density at radius 3 is 1.57 bits per heavy atom. The lowest BCUT2D eigenvalue weighted by atomic mass is 9.80. The summed E-state index contributed by atoms with van der Waals surface area (Å²) in [6, 6.07) is 0. The van der Waals surface area contributed by atoms with Gasteiger partial charge in [-0.1, -0.05) is 132 Å². The van der Waals surface area contributed by atoms with Crippen molar-refractivity contribution >= 4 is 0 Å². The molecule has 142 valence electrons. The van der Waals surface area contributed by atoms with Crippen molar-refractivity contribution in [1.82, 2.24) is 0 Å². The van der Waals surface area contributed by atoms with Crippen LogP contribution in [0, 0.1) is 11.3 Å². The summed E-state index contributed by atoms with van der Waals surface area (Å²) >= 11 is 0. The molecule has 0 nitrogen and oxygen atoms in total. The standard InChI is InChI=1S/C12H26.C11H24/c1-5-8-9-10-11-12(4,6-2)7-3;1-4-6-7-8-9-10-11(3)5-2/h5-11H2,1-4H3;11H,4-10H2,1-3H3. The molecule has 0 heteroatoms. The van der Waals surface area contributed by atoms with E-state index < -0.39 is 0 Å². The molecule has 0 aliphatic heterocycles. The van der Waals surface area contributed by atoms with E-state index in [4.69, 9.17) is 0 Å². The first-order valence-corrected chi connectivity index (χ1v) is 11.0. The van der Waals surface area contributed by atoms with Gasteiger partial charge in [-0.15, -0.1) is 0 Å². The van der Waals surface area contributed by atoms with Crippen molar-refractivity contribution in [3.05, 3.63) is 0 Å². The lowest BCUT2D eigenvalue weighted by molar-refractivity contribution is 0.262. The van der Waals surface area contributed by atoms with Crippen molar-refractivity contribution < 1.29 is 0 Å². The molecule has 1 unspecified atom stereocenters. The van der Waals surface area contributed by atoms with Crippen molar-refractivity contribution in [2.45, 2.75) is 138 Å². The van der Waals surface area contributed by atoms with Gasteiger partial charge in [0, 0.05) is 0 Å². The zero-order valence-corrected chi connectivity index (χ0v) is 18.0. The zero-order chi connectivity index (χ0) is 18.0.